The highest BCUT2D eigenvalue weighted by Gasteiger charge is 2.08. The van der Waals surface area contributed by atoms with Gasteiger partial charge in [-0.1, -0.05) is 17.7 Å². The molecule has 0 amide bonds. The van der Waals surface area contributed by atoms with Gasteiger partial charge in [-0.05, 0) is 54.5 Å². The number of ether oxygens (including phenoxy) is 2. The summed E-state index contributed by atoms with van der Waals surface area (Å²) in [5, 5.41) is 0.543. The molecule has 0 aliphatic heterocycles. The van der Waals surface area contributed by atoms with Crippen molar-refractivity contribution in [2.75, 3.05) is 0 Å². The van der Waals surface area contributed by atoms with E-state index in [4.69, 9.17) is 21.1 Å². The normalized spacial score (nSPS) is 10.8. The van der Waals surface area contributed by atoms with Crippen LogP contribution in [0.3, 0.4) is 0 Å². The fourth-order valence-corrected chi connectivity index (χ4v) is 2.67. The van der Waals surface area contributed by atoms with Gasteiger partial charge in [-0.25, -0.2) is 4.79 Å². The summed E-state index contributed by atoms with van der Waals surface area (Å²) < 4.78 is 11.2. The zero-order valence-electron chi connectivity index (χ0n) is 15.3. The van der Waals surface area contributed by atoms with Crippen molar-refractivity contribution in [3.8, 4) is 5.75 Å². The van der Waals surface area contributed by atoms with Crippen molar-refractivity contribution in [2.45, 2.75) is 20.1 Å². The predicted molar refractivity (Wildman–Crippen MR) is 108 cm³/mol. The molecule has 0 N–H and O–H groups in total. The highest BCUT2D eigenvalue weighted by atomic mass is 35.5. The summed E-state index contributed by atoms with van der Waals surface area (Å²) in [5.41, 5.74) is 3.48. The Labute approximate surface area is 168 Å². The minimum Gasteiger partial charge on any atom is -0.488 e. The number of aryl methyl sites for hydroxylation is 1. The molecular formula is C22H19ClN2O3. The summed E-state index contributed by atoms with van der Waals surface area (Å²) >= 11 is 6.08. The van der Waals surface area contributed by atoms with Crippen LogP contribution in [0.4, 0.5) is 0 Å². The van der Waals surface area contributed by atoms with Crippen LogP contribution in [0.25, 0.3) is 6.08 Å². The molecule has 3 aromatic rings. The third-order valence-electron chi connectivity index (χ3n) is 3.82. The average Bonchev–Trinajstić information content (AvgIpc) is 2.71. The lowest BCUT2D eigenvalue weighted by Gasteiger charge is -2.12. The quantitative estimate of drug-likeness (QED) is 0.426. The van der Waals surface area contributed by atoms with Gasteiger partial charge in [-0.3, -0.25) is 9.97 Å². The molecule has 28 heavy (non-hydrogen) atoms. The number of hydrogen-bond donors (Lipinski definition) is 0. The number of nitrogens with zero attached hydrogens (tertiary/aromatic N) is 2. The van der Waals surface area contributed by atoms with Crippen molar-refractivity contribution in [1.29, 1.82) is 0 Å². The molecule has 5 nitrogen and oxygen atoms in total. The average molecular weight is 395 g/mol. The Kier molecular flexibility index (Phi) is 6.76. The topological polar surface area (TPSA) is 61.3 Å². The minimum atomic E-state index is -0.459. The lowest BCUT2D eigenvalue weighted by molar-refractivity contribution is -0.138. The molecule has 142 valence electrons. The van der Waals surface area contributed by atoms with Crippen LogP contribution in [0.1, 0.15) is 22.3 Å². The number of halogens is 1. The van der Waals surface area contributed by atoms with E-state index in [0.717, 1.165) is 16.7 Å². The number of benzene rings is 1. The predicted octanol–water partition coefficient (Wildman–Crippen LogP) is 4.77. The first-order valence-electron chi connectivity index (χ1n) is 8.67. The molecular weight excluding hydrogens is 376 g/mol. The van der Waals surface area contributed by atoms with Gasteiger partial charge in [0, 0.05) is 47.0 Å². The van der Waals surface area contributed by atoms with Crippen molar-refractivity contribution < 1.29 is 14.3 Å². The van der Waals surface area contributed by atoms with Gasteiger partial charge in [0.2, 0.25) is 0 Å². The van der Waals surface area contributed by atoms with Crippen LogP contribution in [0.2, 0.25) is 5.02 Å². The SMILES string of the molecule is Cc1cncc(/C=C/C(=O)OCc2cc(Cl)ccc2OCc2cccnc2)c1. The number of esters is 1. The number of carbonyl (C=O) groups is 1. The molecule has 0 aliphatic rings. The Morgan fingerprint density at radius 2 is 2.00 bits per heavy atom. The van der Waals surface area contributed by atoms with Gasteiger partial charge >= 0.3 is 5.97 Å². The van der Waals surface area contributed by atoms with Gasteiger partial charge in [-0.2, -0.15) is 0 Å². The lowest BCUT2D eigenvalue weighted by atomic mass is 10.2. The zero-order valence-corrected chi connectivity index (χ0v) is 16.1. The van der Waals surface area contributed by atoms with Gasteiger partial charge < -0.3 is 9.47 Å². The molecule has 1 aromatic carbocycles. The number of carbonyl (C=O) groups excluding carboxylic acids is 1. The van der Waals surface area contributed by atoms with Crippen LogP contribution in [0.15, 0.2) is 67.3 Å². The molecule has 0 saturated heterocycles. The number of rotatable bonds is 7. The third kappa shape index (κ3) is 5.93. The van der Waals surface area contributed by atoms with Gasteiger partial charge in [0.05, 0.1) is 0 Å². The summed E-state index contributed by atoms with van der Waals surface area (Å²) in [6.45, 7) is 2.35. The number of hydrogen-bond acceptors (Lipinski definition) is 5. The van der Waals surface area contributed by atoms with Crippen molar-refractivity contribution >= 4 is 23.6 Å². The van der Waals surface area contributed by atoms with Crippen molar-refractivity contribution in [2.24, 2.45) is 0 Å². The van der Waals surface area contributed by atoms with E-state index in [1.807, 2.05) is 25.1 Å². The highest BCUT2D eigenvalue weighted by Crippen LogP contribution is 2.24. The van der Waals surface area contributed by atoms with Crippen LogP contribution in [0.5, 0.6) is 5.75 Å². The molecule has 3 rings (SSSR count). The molecule has 0 atom stereocenters. The van der Waals surface area contributed by atoms with Crippen LogP contribution in [-0.2, 0) is 22.7 Å². The van der Waals surface area contributed by atoms with Crippen molar-refractivity contribution in [1.82, 2.24) is 9.97 Å². The molecule has 0 radical (unpaired) electrons. The van der Waals surface area contributed by atoms with E-state index in [0.29, 0.717) is 22.9 Å². The second kappa shape index (κ2) is 9.67. The van der Waals surface area contributed by atoms with Gasteiger partial charge in [0.25, 0.3) is 0 Å². The first-order valence-corrected chi connectivity index (χ1v) is 9.04. The van der Waals surface area contributed by atoms with E-state index in [1.54, 1.807) is 49.1 Å². The van der Waals surface area contributed by atoms with E-state index in [1.165, 1.54) is 6.08 Å². The zero-order chi connectivity index (χ0) is 19.8. The molecule has 0 unspecified atom stereocenters. The third-order valence-corrected chi connectivity index (χ3v) is 4.05. The molecule has 0 bridgehead atoms. The summed E-state index contributed by atoms with van der Waals surface area (Å²) in [4.78, 5) is 20.2. The van der Waals surface area contributed by atoms with Crippen LogP contribution in [-0.4, -0.2) is 15.9 Å². The maximum absolute atomic E-state index is 12.0. The molecule has 2 heterocycles. The Morgan fingerprint density at radius 1 is 1.11 bits per heavy atom. The first kappa shape index (κ1) is 19.6. The summed E-state index contributed by atoms with van der Waals surface area (Å²) in [6, 6.07) is 10.9. The summed E-state index contributed by atoms with van der Waals surface area (Å²) in [6.07, 6.45) is 9.91. The Morgan fingerprint density at radius 3 is 2.79 bits per heavy atom. The second-order valence-corrected chi connectivity index (χ2v) is 6.58. The van der Waals surface area contributed by atoms with E-state index in [2.05, 4.69) is 9.97 Å². The Balaban J connectivity index is 1.61. The second-order valence-electron chi connectivity index (χ2n) is 6.14. The number of pyridine rings is 2. The van der Waals surface area contributed by atoms with Crippen molar-refractivity contribution in [3.63, 3.8) is 0 Å². The monoisotopic (exact) mass is 394 g/mol. The molecule has 0 fully saturated rings. The van der Waals surface area contributed by atoms with Crippen LogP contribution >= 0.6 is 11.6 Å². The van der Waals surface area contributed by atoms with E-state index < -0.39 is 5.97 Å². The first-order chi connectivity index (χ1) is 13.6. The standard InChI is InChI=1S/C22H19ClN2O3/c1-16-9-17(12-25-11-16)4-7-22(26)28-15-19-10-20(23)5-6-21(19)27-14-18-3-2-8-24-13-18/h2-13H,14-15H2,1H3/b7-4+. The molecule has 6 heteroatoms. The maximum Gasteiger partial charge on any atom is 0.331 e. The molecule has 0 saturated carbocycles. The summed E-state index contributed by atoms with van der Waals surface area (Å²) in [7, 11) is 0. The number of aromatic nitrogens is 2. The van der Waals surface area contributed by atoms with Crippen LogP contribution in [0, 0.1) is 6.92 Å². The fourth-order valence-electron chi connectivity index (χ4n) is 2.48. The molecule has 0 spiro atoms. The minimum absolute atomic E-state index is 0.0537. The van der Waals surface area contributed by atoms with Gasteiger partial charge in [0.15, 0.2) is 0 Å². The Bertz CT molecular complexity index is 975. The van der Waals surface area contributed by atoms with E-state index in [9.17, 15) is 4.79 Å². The van der Waals surface area contributed by atoms with E-state index in [-0.39, 0.29) is 6.61 Å². The van der Waals surface area contributed by atoms with Gasteiger partial charge in [-0.15, -0.1) is 0 Å². The van der Waals surface area contributed by atoms with Crippen LogP contribution < -0.4 is 4.74 Å². The maximum atomic E-state index is 12.0. The van der Waals surface area contributed by atoms with E-state index >= 15 is 0 Å². The Hall–Kier alpha value is -3.18. The fraction of sp³-hybridized carbons (Fsp3) is 0.136. The largest absolute Gasteiger partial charge is 0.488 e. The molecule has 0 aliphatic carbocycles. The lowest BCUT2D eigenvalue weighted by Crippen LogP contribution is -2.04. The van der Waals surface area contributed by atoms with Crippen molar-refractivity contribution in [3.05, 3.63) is 94.5 Å². The smallest absolute Gasteiger partial charge is 0.331 e. The van der Waals surface area contributed by atoms with Gasteiger partial charge in [0.1, 0.15) is 19.0 Å². The summed E-state index contributed by atoms with van der Waals surface area (Å²) in [5.74, 6) is 0.146. The highest BCUT2D eigenvalue weighted by molar-refractivity contribution is 6.30. The molecule has 2 aromatic heterocycles.